The van der Waals surface area contributed by atoms with Crippen LogP contribution in [0.5, 0.6) is 5.75 Å². The number of fused-ring (bicyclic) bond motifs is 1. The van der Waals surface area contributed by atoms with Crippen molar-refractivity contribution < 1.29 is 14.3 Å². The smallest absolute Gasteiger partial charge is 0.360 e. The van der Waals surface area contributed by atoms with Crippen molar-refractivity contribution in [2.24, 2.45) is 0 Å². The van der Waals surface area contributed by atoms with Crippen LogP contribution in [-0.4, -0.2) is 35.0 Å². The van der Waals surface area contributed by atoms with Crippen LogP contribution in [0, 0.1) is 0 Å². The van der Waals surface area contributed by atoms with E-state index in [4.69, 9.17) is 9.47 Å². The van der Waals surface area contributed by atoms with Gasteiger partial charge in [-0.15, -0.1) is 11.3 Å². The highest BCUT2D eigenvalue weighted by atomic mass is 32.1. The molecule has 0 bridgehead atoms. The number of methoxy groups -OCH3 is 2. The zero-order valence-corrected chi connectivity index (χ0v) is 12.4. The molecule has 0 atom stereocenters. The number of carbonyl (C=O) groups excluding carboxylic acids is 1. The van der Waals surface area contributed by atoms with Gasteiger partial charge in [-0.1, -0.05) is 12.1 Å². The van der Waals surface area contributed by atoms with Gasteiger partial charge in [0.15, 0.2) is 11.3 Å². The fourth-order valence-electron chi connectivity index (χ4n) is 2.04. The molecule has 21 heavy (non-hydrogen) atoms. The minimum atomic E-state index is -0.447. The van der Waals surface area contributed by atoms with Crippen molar-refractivity contribution in [2.75, 3.05) is 14.2 Å². The predicted molar refractivity (Wildman–Crippen MR) is 78.8 cm³/mol. The Hall–Kier alpha value is -2.41. The molecule has 3 rings (SSSR count). The number of esters is 1. The van der Waals surface area contributed by atoms with Crippen LogP contribution in [0.1, 0.15) is 16.1 Å². The van der Waals surface area contributed by atoms with Crippen LogP contribution in [-0.2, 0) is 11.3 Å². The molecule has 0 radical (unpaired) electrons. The first kappa shape index (κ1) is 13.6. The number of rotatable bonds is 4. The first-order valence-electron chi connectivity index (χ1n) is 6.24. The van der Waals surface area contributed by atoms with E-state index >= 15 is 0 Å². The molecule has 108 valence electrons. The summed E-state index contributed by atoms with van der Waals surface area (Å²) >= 11 is 1.38. The lowest BCUT2D eigenvalue weighted by Crippen LogP contribution is -2.06. The Morgan fingerprint density at radius 1 is 1.29 bits per heavy atom. The molecule has 0 aliphatic carbocycles. The molecule has 0 spiro atoms. The van der Waals surface area contributed by atoms with E-state index in [1.807, 2.05) is 24.3 Å². The summed E-state index contributed by atoms with van der Waals surface area (Å²) < 4.78 is 12.3. The van der Waals surface area contributed by atoms with Crippen LogP contribution in [0.4, 0.5) is 0 Å². The molecule has 3 aromatic rings. The Bertz CT molecular complexity index is 776. The summed E-state index contributed by atoms with van der Waals surface area (Å²) in [4.78, 5) is 16.0. The van der Waals surface area contributed by atoms with Crippen LogP contribution in [0.3, 0.4) is 0 Å². The highest BCUT2D eigenvalue weighted by molar-refractivity contribution is 7.17. The quantitative estimate of drug-likeness (QED) is 0.692. The van der Waals surface area contributed by atoms with Gasteiger partial charge in [0.05, 0.1) is 26.3 Å². The molecular weight excluding hydrogens is 290 g/mol. The van der Waals surface area contributed by atoms with Gasteiger partial charge in [0.1, 0.15) is 10.4 Å². The maximum Gasteiger partial charge on any atom is 0.360 e. The second-order valence-corrected chi connectivity index (χ2v) is 5.21. The molecule has 0 amide bonds. The monoisotopic (exact) mass is 303 g/mol. The Kier molecular flexibility index (Phi) is 3.57. The van der Waals surface area contributed by atoms with Crippen LogP contribution >= 0.6 is 11.3 Å². The van der Waals surface area contributed by atoms with Gasteiger partial charge < -0.3 is 9.47 Å². The number of nitrogens with zero attached hydrogens (tertiary/aromatic N) is 3. The highest BCUT2D eigenvalue weighted by Crippen LogP contribution is 2.23. The number of thiazole rings is 1. The largest absolute Gasteiger partial charge is 0.497 e. The highest BCUT2D eigenvalue weighted by Gasteiger charge is 2.20. The van der Waals surface area contributed by atoms with Crippen LogP contribution in [0.15, 0.2) is 29.8 Å². The molecule has 6 nitrogen and oxygen atoms in total. The molecule has 0 unspecified atom stereocenters. The van der Waals surface area contributed by atoms with E-state index in [-0.39, 0.29) is 0 Å². The number of carbonyl (C=O) groups is 1. The number of benzene rings is 1. The lowest BCUT2D eigenvalue weighted by Gasteiger charge is -2.04. The maximum atomic E-state index is 11.7. The lowest BCUT2D eigenvalue weighted by atomic mass is 10.2. The van der Waals surface area contributed by atoms with Crippen LogP contribution in [0.25, 0.3) is 10.3 Å². The maximum absolute atomic E-state index is 11.7. The fourth-order valence-corrected chi connectivity index (χ4v) is 2.80. The molecule has 2 heterocycles. The second-order valence-electron chi connectivity index (χ2n) is 4.35. The summed E-state index contributed by atoms with van der Waals surface area (Å²) in [6, 6.07) is 7.68. The summed E-state index contributed by atoms with van der Waals surface area (Å²) in [5.41, 5.74) is 3.74. The van der Waals surface area contributed by atoms with Gasteiger partial charge in [-0.3, -0.25) is 0 Å². The van der Waals surface area contributed by atoms with Crippen molar-refractivity contribution in [3.63, 3.8) is 0 Å². The van der Waals surface area contributed by atoms with Crippen molar-refractivity contribution in [3.05, 3.63) is 41.0 Å². The molecule has 2 aromatic heterocycles. The number of aromatic nitrogens is 3. The Balaban J connectivity index is 1.96. The average molecular weight is 303 g/mol. The first-order valence-corrected chi connectivity index (χ1v) is 7.12. The van der Waals surface area contributed by atoms with Crippen molar-refractivity contribution in [2.45, 2.75) is 6.54 Å². The SMILES string of the molecule is COC(=O)c1nn(Cc2ccc(OC)cc2)c2ncsc12. The summed E-state index contributed by atoms with van der Waals surface area (Å²) in [5.74, 6) is 0.353. The molecule has 0 fully saturated rings. The molecule has 7 heteroatoms. The van der Waals surface area contributed by atoms with Crippen molar-refractivity contribution in [1.82, 2.24) is 14.8 Å². The summed E-state index contributed by atoms with van der Waals surface area (Å²) in [5, 5.41) is 4.32. The van der Waals surface area contributed by atoms with E-state index in [0.717, 1.165) is 16.0 Å². The number of hydrogen-bond acceptors (Lipinski definition) is 6. The summed E-state index contributed by atoms with van der Waals surface area (Å²) in [6.45, 7) is 0.529. The predicted octanol–water partition coefficient (Wildman–Crippen LogP) is 2.34. The summed E-state index contributed by atoms with van der Waals surface area (Å²) in [7, 11) is 2.97. The number of ether oxygens (including phenoxy) is 2. The minimum absolute atomic E-state index is 0.309. The average Bonchev–Trinajstić information content (AvgIpc) is 3.11. The number of hydrogen-bond donors (Lipinski definition) is 0. The third-order valence-corrected chi connectivity index (χ3v) is 3.92. The van der Waals surface area contributed by atoms with E-state index in [9.17, 15) is 4.79 Å². The molecule has 0 aliphatic heterocycles. The van der Waals surface area contributed by atoms with E-state index < -0.39 is 5.97 Å². The minimum Gasteiger partial charge on any atom is -0.497 e. The molecule has 1 aromatic carbocycles. The van der Waals surface area contributed by atoms with Crippen molar-refractivity contribution in [3.8, 4) is 5.75 Å². The summed E-state index contributed by atoms with van der Waals surface area (Å²) in [6.07, 6.45) is 0. The van der Waals surface area contributed by atoms with Crippen LogP contribution in [0.2, 0.25) is 0 Å². The van der Waals surface area contributed by atoms with E-state index in [2.05, 4.69) is 10.1 Å². The Labute approximate surface area is 124 Å². The third kappa shape index (κ3) is 2.47. The van der Waals surface area contributed by atoms with Crippen molar-refractivity contribution >= 4 is 27.7 Å². The Morgan fingerprint density at radius 2 is 2.05 bits per heavy atom. The topological polar surface area (TPSA) is 66.2 Å². The van der Waals surface area contributed by atoms with E-state index in [1.54, 1.807) is 17.3 Å². The Morgan fingerprint density at radius 3 is 2.71 bits per heavy atom. The molecule has 0 N–H and O–H groups in total. The standard InChI is InChI=1S/C14H13N3O3S/c1-19-10-5-3-9(4-6-10)7-17-13-12(21-8-15-13)11(16-17)14(18)20-2/h3-6,8H,7H2,1-2H3. The molecule has 0 saturated heterocycles. The molecule has 0 saturated carbocycles. The fraction of sp³-hybridized carbons (Fsp3) is 0.214. The second kappa shape index (κ2) is 5.53. The van der Waals surface area contributed by atoms with Gasteiger partial charge in [0.25, 0.3) is 0 Å². The normalized spacial score (nSPS) is 10.8. The molecule has 0 aliphatic rings. The van der Waals surface area contributed by atoms with E-state index in [0.29, 0.717) is 17.9 Å². The lowest BCUT2D eigenvalue weighted by molar-refractivity contribution is 0.0595. The van der Waals surface area contributed by atoms with Gasteiger partial charge in [-0.25, -0.2) is 14.5 Å². The third-order valence-electron chi connectivity index (χ3n) is 3.10. The first-order chi connectivity index (χ1) is 10.2. The zero-order chi connectivity index (χ0) is 14.8. The molecular formula is C14H13N3O3S. The zero-order valence-electron chi connectivity index (χ0n) is 11.6. The van der Waals surface area contributed by atoms with E-state index in [1.165, 1.54) is 18.4 Å². The van der Waals surface area contributed by atoms with Gasteiger partial charge >= 0.3 is 5.97 Å². The van der Waals surface area contributed by atoms with Gasteiger partial charge in [0.2, 0.25) is 0 Å². The van der Waals surface area contributed by atoms with Crippen LogP contribution < -0.4 is 4.74 Å². The van der Waals surface area contributed by atoms with Gasteiger partial charge in [0, 0.05) is 0 Å². The van der Waals surface area contributed by atoms with Gasteiger partial charge in [-0.2, -0.15) is 5.10 Å². The van der Waals surface area contributed by atoms with Crippen molar-refractivity contribution in [1.29, 1.82) is 0 Å². The van der Waals surface area contributed by atoms with Gasteiger partial charge in [-0.05, 0) is 17.7 Å².